The van der Waals surface area contributed by atoms with Crippen molar-refractivity contribution in [2.24, 2.45) is 0 Å². The summed E-state index contributed by atoms with van der Waals surface area (Å²) in [5.74, 6) is -2.74. The smallest absolute Gasteiger partial charge is 0.376 e. The fraction of sp³-hybridized carbons (Fsp3) is 0. The summed E-state index contributed by atoms with van der Waals surface area (Å²) < 4.78 is 0. The molecule has 14 heavy (non-hydrogen) atoms. The van der Waals surface area contributed by atoms with Gasteiger partial charge in [0, 0.05) is 0 Å². The molecule has 0 aromatic carbocycles. The molecule has 0 aliphatic heterocycles. The number of aliphatic carboxylic acids is 1. The highest BCUT2D eigenvalue weighted by Crippen LogP contribution is 1.96. The first-order chi connectivity index (χ1) is 6.61. The van der Waals surface area contributed by atoms with Gasteiger partial charge in [-0.05, 0) is 17.7 Å². The quantitative estimate of drug-likeness (QED) is 0.203. The molecule has 0 aliphatic rings. The molecule has 0 saturated heterocycles. The minimum Gasteiger partial charge on any atom is -0.877 e. The molecule has 0 aliphatic carbocycles. The Balaban J connectivity index is 4.48. The zero-order valence-corrected chi connectivity index (χ0v) is 7.04. The van der Waals surface area contributed by atoms with Crippen molar-refractivity contribution in [1.82, 2.24) is 0 Å². The van der Waals surface area contributed by atoms with Crippen molar-refractivity contribution in [3.8, 4) is 0 Å². The van der Waals surface area contributed by atoms with E-state index >= 15 is 0 Å². The van der Waals surface area contributed by atoms with Crippen molar-refractivity contribution in [3.63, 3.8) is 0 Å². The molecule has 0 radical (unpaired) electrons. The van der Waals surface area contributed by atoms with E-state index in [1.54, 1.807) is 0 Å². The Bertz CT molecular complexity index is 322. The van der Waals surface area contributed by atoms with Gasteiger partial charge < -0.3 is 10.2 Å². The molecule has 0 spiro atoms. The van der Waals surface area contributed by atoms with Crippen molar-refractivity contribution in [2.75, 3.05) is 0 Å². The summed E-state index contributed by atoms with van der Waals surface area (Å²) in [5.41, 5.74) is 0.0340. The number of carbonyl (C=O) groups excluding carboxylic acids is 2. The van der Waals surface area contributed by atoms with Gasteiger partial charge >= 0.3 is 5.97 Å². The van der Waals surface area contributed by atoms with Gasteiger partial charge in [0.05, 0.1) is 0 Å². The molecule has 0 fully saturated rings. The van der Waals surface area contributed by atoms with E-state index in [2.05, 4.69) is 0 Å². The van der Waals surface area contributed by atoms with Gasteiger partial charge in [-0.2, -0.15) is 0 Å². The first-order valence-corrected chi connectivity index (χ1v) is 3.51. The first-order valence-electron chi connectivity index (χ1n) is 3.51. The predicted octanol–water partition coefficient (Wildman–Crippen LogP) is -0.804. The predicted molar refractivity (Wildman–Crippen MR) is 45.1 cm³/mol. The minimum absolute atomic E-state index is 0.0340. The summed E-state index contributed by atoms with van der Waals surface area (Å²) in [6.07, 6.45) is 4.82. The zero-order chi connectivity index (χ0) is 11.0. The minimum atomic E-state index is -1.61. The number of carboxylic acid groups (broad SMARTS) is 1. The third kappa shape index (κ3) is 4.66. The maximum absolute atomic E-state index is 10.5. The summed E-state index contributed by atoms with van der Waals surface area (Å²) in [6, 6.07) is 0. The van der Waals surface area contributed by atoms with Crippen LogP contribution in [0.2, 0.25) is 0 Å². The molecule has 74 valence electrons. The van der Waals surface area contributed by atoms with E-state index in [1.165, 1.54) is 0 Å². The van der Waals surface area contributed by atoms with Gasteiger partial charge in [0.25, 0.3) is 5.78 Å². The molecule has 0 aromatic heterocycles. The third-order valence-corrected chi connectivity index (χ3v) is 1.14. The van der Waals surface area contributed by atoms with Crippen LogP contribution in [0.4, 0.5) is 0 Å². The Morgan fingerprint density at radius 2 is 1.79 bits per heavy atom. The van der Waals surface area contributed by atoms with Crippen molar-refractivity contribution < 1.29 is 24.6 Å². The van der Waals surface area contributed by atoms with Crippen LogP contribution in [0, 0.1) is 0 Å². The van der Waals surface area contributed by atoms with Crippen LogP contribution in [0.15, 0.2) is 36.1 Å². The summed E-state index contributed by atoms with van der Waals surface area (Å²) in [5, 5.41) is 18.5. The molecule has 5 nitrogen and oxygen atoms in total. The third-order valence-electron chi connectivity index (χ3n) is 1.14. The maximum Gasteiger partial charge on any atom is 0.376 e. The van der Waals surface area contributed by atoms with Gasteiger partial charge in [0.2, 0.25) is 0 Å². The second-order valence-electron chi connectivity index (χ2n) is 2.12. The molecular formula is C9H7O5-. The van der Waals surface area contributed by atoms with Crippen molar-refractivity contribution in [3.05, 3.63) is 36.1 Å². The van der Waals surface area contributed by atoms with Crippen LogP contribution in [0.5, 0.6) is 0 Å². The maximum atomic E-state index is 10.5. The van der Waals surface area contributed by atoms with Gasteiger partial charge in [0.1, 0.15) is 6.29 Å². The second kappa shape index (κ2) is 6.36. The van der Waals surface area contributed by atoms with Gasteiger partial charge in [-0.3, -0.25) is 9.59 Å². The molecule has 0 saturated carbocycles. The Kier molecular flexibility index (Phi) is 5.37. The highest BCUT2D eigenvalue weighted by molar-refractivity contribution is 6.37. The van der Waals surface area contributed by atoms with Crippen LogP contribution in [0.3, 0.4) is 0 Å². The Morgan fingerprint density at radius 3 is 2.21 bits per heavy atom. The average molecular weight is 195 g/mol. The van der Waals surface area contributed by atoms with Crippen molar-refractivity contribution >= 4 is 18.0 Å². The fourth-order valence-corrected chi connectivity index (χ4v) is 0.528. The number of rotatable bonds is 5. The number of allylic oxidation sites excluding steroid dienone is 4. The number of hydrogen-bond acceptors (Lipinski definition) is 4. The molecule has 0 aromatic rings. The number of carboxylic acids is 1. The molecule has 0 unspecified atom stereocenters. The lowest BCUT2D eigenvalue weighted by Gasteiger charge is -1.95. The Morgan fingerprint density at radius 1 is 1.14 bits per heavy atom. The van der Waals surface area contributed by atoms with Gasteiger partial charge in [0.15, 0.2) is 0 Å². The van der Waals surface area contributed by atoms with Crippen LogP contribution in [0.1, 0.15) is 0 Å². The summed E-state index contributed by atoms with van der Waals surface area (Å²) >= 11 is 0. The lowest BCUT2D eigenvalue weighted by Crippen LogP contribution is -2.08. The number of carbonyl (C=O) groups is 3. The van der Waals surface area contributed by atoms with E-state index in [4.69, 9.17) is 5.11 Å². The molecular weight excluding hydrogens is 188 g/mol. The summed E-state index contributed by atoms with van der Waals surface area (Å²) in [4.78, 5) is 30.4. The molecule has 0 heterocycles. The first kappa shape index (κ1) is 11.8. The van der Waals surface area contributed by atoms with E-state index in [9.17, 15) is 19.5 Å². The van der Waals surface area contributed by atoms with E-state index in [0.717, 1.165) is 24.3 Å². The zero-order valence-electron chi connectivity index (χ0n) is 7.04. The number of aldehydes is 1. The largest absolute Gasteiger partial charge is 0.877 e. The molecule has 5 heteroatoms. The fourth-order valence-electron chi connectivity index (χ4n) is 0.528. The van der Waals surface area contributed by atoms with Gasteiger partial charge in [-0.25, -0.2) is 4.79 Å². The topological polar surface area (TPSA) is 94.5 Å². The molecule has 0 amide bonds. The Hall–Kier alpha value is -2.17. The SMILES string of the molecule is O=C/C=C/C(=C/[O-])/C=C/C(=O)C(=O)O. The van der Waals surface area contributed by atoms with Crippen molar-refractivity contribution in [1.29, 1.82) is 0 Å². The van der Waals surface area contributed by atoms with Crippen LogP contribution >= 0.6 is 0 Å². The van der Waals surface area contributed by atoms with E-state index in [0.29, 0.717) is 12.5 Å². The Labute approximate surface area is 79.7 Å². The van der Waals surface area contributed by atoms with Gasteiger partial charge in [-0.1, -0.05) is 12.2 Å². The van der Waals surface area contributed by atoms with Crippen LogP contribution in [0.25, 0.3) is 0 Å². The van der Waals surface area contributed by atoms with E-state index in [-0.39, 0.29) is 5.57 Å². The van der Waals surface area contributed by atoms with Crippen LogP contribution < -0.4 is 5.11 Å². The molecule has 0 bridgehead atoms. The van der Waals surface area contributed by atoms with E-state index < -0.39 is 11.8 Å². The number of hydrogen-bond donors (Lipinski definition) is 1. The highest BCUT2D eigenvalue weighted by Gasteiger charge is 2.04. The monoisotopic (exact) mass is 195 g/mol. The second-order valence-corrected chi connectivity index (χ2v) is 2.12. The molecule has 0 rings (SSSR count). The standard InChI is InChI=1S/C9H8O5/c10-5-1-2-7(6-11)3-4-8(12)9(13)14/h1-6,11H,(H,13,14)/p-1/b2-1+,4-3+,7-6-. The van der Waals surface area contributed by atoms with Crippen LogP contribution in [-0.4, -0.2) is 23.1 Å². The lowest BCUT2D eigenvalue weighted by molar-refractivity contribution is -0.275. The van der Waals surface area contributed by atoms with Crippen LogP contribution in [-0.2, 0) is 14.4 Å². The highest BCUT2D eigenvalue weighted by atomic mass is 16.4. The normalized spacial score (nSPS) is 12.1. The summed E-state index contributed by atoms with van der Waals surface area (Å²) in [6.45, 7) is 0. The summed E-state index contributed by atoms with van der Waals surface area (Å²) in [7, 11) is 0. The lowest BCUT2D eigenvalue weighted by atomic mass is 10.2. The average Bonchev–Trinajstić information content (AvgIpc) is 2.17. The van der Waals surface area contributed by atoms with Crippen molar-refractivity contribution in [2.45, 2.75) is 0 Å². The molecule has 1 N–H and O–H groups in total. The van der Waals surface area contributed by atoms with Gasteiger partial charge in [-0.15, -0.1) is 6.26 Å². The van der Waals surface area contributed by atoms with E-state index in [1.807, 2.05) is 0 Å². The number of ketones is 1. The molecule has 0 atom stereocenters.